The van der Waals surface area contributed by atoms with Gasteiger partial charge in [0.05, 0.1) is 0 Å². The molecule has 0 aliphatic heterocycles. The summed E-state index contributed by atoms with van der Waals surface area (Å²) in [5.41, 5.74) is 1.72. The number of phenolic OH excluding ortho intramolecular Hbond substituents is 1. The van der Waals surface area contributed by atoms with E-state index in [1.165, 1.54) is 0 Å². The second-order valence-electron chi connectivity index (χ2n) is 2.78. The van der Waals surface area contributed by atoms with Crippen molar-refractivity contribution in [3.8, 4) is 5.75 Å². The van der Waals surface area contributed by atoms with Crippen LogP contribution in [0.15, 0.2) is 6.07 Å². The standard InChI is InChI=1S/C9H11FO.C2H6/c1-5-4-8(11)7(3)9(10)6(5)2;1-2/h4,11H,1-3H3;1-2H3. The molecule has 0 heterocycles. The molecule has 1 nitrogen and oxygen atoms in total. The molecule has 0 saturated heterocycles. The van der Waals surface area contributed by atoms with Gasteiger partial charge in [-0.1, -0.05) is 13.8 Å². The molecule has 74 valence electrons. The second-order valence-corrected chi connectivity index (χ2v) is 2.78. The molecule has 0 saturated carbocycles. The molecular weight excluding hydrogens is 167 g/mol. The van der Waals surface area contributed by atoms with Crippen LogP contribution in [0.25, 0.3) is 0 Å². The summed E-state index contributed by atoms with van der Waals surface area (Å²) in [6, 6.07) is 1.58. The first-order valence-corrected chi connectivity index (χ1v) is 4.49. The van der Waals surface area contributed by atoms with Crippen LogP contribution in [0.2, 0.25) is 0 Å². The summed E-state index contributed by atoms with van der Waals surface area (Å²) < 4.78 is 13.1. The fourth-order valence-electron chi connectivity index (χ4n) is 0.988. The molecule has 0 radical (unpaired) electrons. The van der Waals surface area contributed by atoms with E-state index in [1.807, 2.05) is 13.8 Å². The molecule has 1 aromatic rings. The van der Waals surface area contributed by atoms with Crippen molar-refractivity contribution >= 4 is 0 Å². The van der Waals surface area contributed by atoms with Gasteiger partial charge in [0.25, 0.3) is 0 Å². The quantitative estimate of drug-likeness (QED) is 0.654. The van der Waals surface area contributed by atoms with Gasteiger partial charge in [-0.05, 0) is 38.0 Å². The lowest BCUT2D eigenvalue weighted by Gasteiger charge is -2.06. The number of halogens is 1. The second kappa shape index (κ2) is 4.85. The van der Waals surface area contributed by atoms with Crippen LogP contribution in [0.4, 0.5) is 4.39 Å². The predicted octanol–water partition coefficient (Wildman–Crippen LogP) is 3.48. The monoisotopic (exact) mass is 184 g/mol. The molecule has 0 spiro atoms. The average Bonchev–Trinajstić information content (AvgIpc) is 2.15. The molecule has 1 rings (SSSR count). The first-order chi connectivity index (χ1) is 6.04. The molecule has 2 heteroatoms. The molecule has 0 aliphatic carbocycles. The maximum atomic E-state index is 13.1. The van der Waals surface area contributed by atoms with Crippen molar-refractivity contribution in [3.63, 3.8) is 0 Å². The molecule has 0 atom stereocenters. The van der Waals surface area contributed by atoms with E-state index in [4.69, 9.17) is 5.11 Å². The lowest BCUT2D eigenvalue weighted by Crippen LogP contribution is -1.91. The van der Waals surface area contributed by atoms with Gasteiger partial charge < -0.3 is 5.11 Å². The largest absolute Gasteiger partial charge is 0.508 e. The van der Waals surface area contributed by atoms with Gasteiger partial charge in [0.1, 0.15) is 11.6 Å². The summed E-state index contributed by atoms with van der Waals surface area (Å²) in [4.78, 5) is 0. The van der Waals surface area contributed by atoms with Crippen molar-refractivity contribution in [1.82, 2.24) is 0 Å². The predicted molar refractivity (Wildman–Crippen MR) is 53.6 cm³/mol. The highest BCUT2D eigenvalue weighted by Gasteiger charge is 2.08. The van der Waals surface area contributed by atoms with Crippen LogP contribution < -0.4 is 0 Å². The minimum atomic E-state index is -0.303. The average molecular weight is 184 g/mol. The van der Waals surface area contributed by atoms with Gasteiger partial charge >= 0.3 is 0 Å². The zero-order chi connectivity index (χ0) is 10.6. The Hall–Kier alpha value is -1.05. The van der Waals surface area contributed by atoms with Gasteiger partial charge in [-0.15, -0.1) is 0 Å². The molecule has 1 N–H and O–H groups in total. The summed E-state index contributed by atoms with van der Waals surface area (Å²) in [5.74, 6) is -0.270. The Morgan fingerprint density at radius 2 is 1.54 bits per heavy atom. The summed E-state index contributed by atoms with van der Waals surface area (Å²) in [6.07, 6.45) is 0. The molecule has 0 amide bonds. The van der Waals surface area contributed by atoms with Gasteiger partial charge in [-0.25, -0.2) is 4.39 Å². The lowest BCUT2D eigenvalue weighted by atomic mass is 10.1. The molecule has 13 heavy (non-hydrogen) atoms. The molecule has 1 aromatic carbocycles. The number of aryl methyl sites for hydroxylation is 1. The lowest BCUT2D eigenvalue weighted by molar-refractivity contribution is 0.461. The Morgan fingerprint density at radius 3 is 2.00 bits per heavy atom. The number of benzene rings is 1. The summed E-state index contributed by atoms with van der Waals surface area (Å²) in [5, 5.41) is 9.17. The maximum Gasteiger partial charge on any atom is 0.132 e. The maximum absolute atomic E-state index is 13.1. The topological polar surface area (TPSA) is 20.2 Å². The van der Waals surface area contributed by atoms with Crippen molar-refractivity contribution in [3.05, 3.63) is 28.6 Å². The third-order valence-electron chi connectivity index (χ3n) is 1.99. The smallest absolute Gasteiger partial charge is 0.132 e. The van der Waals surface area contributed by atoms with E-state index >= 15 is 0 Å². The zero-order valence-corrected chi connectivity index (χ0v) is 8.90. The van der Waals surface area contributed by atoms with E-state index in [1.54, 1.807) is 26.8 Å². The summed E-state index contributed by atoms with van der Waals surface area (Å²) >= 11 is 0. The highest BCUT2D eigenvalue weighted by Crippen LogP contribution is 2.24. The van der Waals surface area contributed by atoms with Gasteiger partial charge in [0, 0.05) is 5.56 Å². The minimum absolute atomic E-state index is 0.0330. The van der Waals surface area contributed by atoms with Crippen LogP contribution in [-0.4, -0.2) is 5.11 Å². The van der Waals surface area contributed by atoms with Gasteiger partial charge in [0.15, 0.2) is 0 Å². The van der Waals surface area contributed by atoms with Gasteiger partial charge in [-0.2, -0.15) is 0 Å². The van der Waals surface area contributed by atoms with E-state index in [0.717, 1.165) is 5.56 Å². The first kappa shape index (κ1) is 11.9. The van der Waals surface area contributed by atoms with Gasteiger partial charge in [-0.3, -0.25) is 0 Å². The van der Waals surface area contributed by atoms with Crippen LogP contribution >= 0.6 is 0 Å². The fraction of sp³-hybridized carbons (Fsp3) is 0.455. The highest BCUT2D eigenvalue weighted by atomic mass is 19.1. The molecule has 0 bridgehead atoms. The van der Waals surface area contributed by atoms with E-state index in [2.05, 4.69) is 0 Å². The molecule has 0 aromatic heterocycles. The zero-order valence-electron chi connectivity index (χ0n) is 8.90. The number of hydrogen-bond acceptors (Lipinski definition) is 1. The third kappa shape index (κ3) is 2.44. The van der Waals surface area contributed by atoms with Crippen LogP contribution in [0.5, 0.6) is 5.75 Å². The van der Waals surface area contributed by atoms with Crippen molar-refractivity contribution in [1.29, 1.82) is 0 Å². The fourth-order valence-corrected chi connectivity index (χ4v) is 0.988. The Bertz CT molecular complexity index is 266. The number of hydrogen-bond donors (Lipinski definition) is 1. The SMILES string of the molecule is CC.Cc1cc(O)c(C)c(F)c1C. The highest BCUT2D eigenvalue weighted by molar-refractivity contribution is 5.41. The van der Waals surface area contributed by atoms with Crippen molar-refractivity contribution in [2.75, 3.05) is 0 Å². The molecular formula is C11H17FO. The van der Waals surface area contributed by atoms with Crippen molar-refractivity contribution in [2.24, 2.45) is 0 Å². The molecule has 0 unspecified atom stereocenters. The van der Waals surface area contributed by atoms with Crippen LogP contribution in [0, 0.1) is 26.6 Å². The number of rotatable bonds is 0. The molecule has 0 fully saturated rings. The van der Waals surface area contributed by atoms with E-state index in [9.17, 15) is 4.39 Å². The molecule has 0 aliphatic rings. The van der Waals surface area contributed by atoms with Crippen LogP contribution in [-0.2, 0) is 0 Å². The normalized spacial score (nSPS) is 9.08. The van der Waals surface area contributed by atoms with E-state index in [0.29, 0.717) is 11.1 Å². The third-order valence-corrected chi connectivity index (χ3v) is 1.99. The first-order valence-electron chi connectivity index (χ1n) is 4.49. The van der Waals surface area contributed by atoms with E-state index in [-0.39, 0.29) is 11.6 Å². The van der Waals surface area contributed by atoms with Crippen LogP contribution in [0.3, 0.4) is 0 Å². The Balaban J connectivity index is 0.000000671. The van der Waals surface area contributed by atoms with Crippen LogP contribution in [0.1, 0.15) is 30.5 Å². The Morgan fingerprint density at radius 1 is 1.08 bits per heavy atom. The van der Waals surface area contributed by atoms with Crippen molar-refractivity contribution < 1.29 is 9.50 Å². The number of aromatic hydroxyl groups is 1. The minimum Gasteiger partial charge on any atom is -0.508 e. The summed E-state index contributed by atoms with van der Waals surface area (Å²) in [7, 11) is 0. The van der Waals surface area contributed by atoms with Crippen molar-refractivity contribution in [2.45, 2.75) is 34.6 Å². The Labute approximate surface area is 79.2 Å². The van der Waals surface area contributed by atoms with Gasteiger partial charge in [0.2, 0.25) is 0 Å². The Kier molecular flexibility index (Phi) is 4.46. The number of phenols is 1. The summed E-state index contributed by atoms with van der Waals surface area (Å²) in [6.45, 7) is 9.05. The van der Waals surface area contributed by atoms with E-state index < -0.39 is 0 Å².